The maximum atomic E-state index is 11.5. The Morgan fingerprint density at radius 1 is 1.21 bits per heavy atom. The molecule has 3 nitrogen and oxygen atoms in total. The standard InChI is InChI=1S/C11H22N2O/c1-9(2)12-10(14)13-11(3)7-5-4-6-8-11/h9H,4-8H2,1-3H3,(H2,12,13,14). The van der Waals surface area contributed by atoms with Gasteiger partial charge in [-0.25, -0.2) is 4.79 Å². The van der Waals surface area contributed by atoms with Crippen LogP contribution < -0.4 is 10.6 Å². The maximum Gasteiger partial charge on any atom is 0.315 e. The van der Waals surface area contributed by atoms with Crippen LogP contribution in [0, 0.1) is 0 Å². The Morgan fingerprint density at radius 3 is 2.29 bits per heavy atom. The van der Waals surface area contributed by atoms with E-state index in [9.17, 15) is 4.79 Å². The van der Waals surface area contributed by atoms with Crippen molar-refractivity contribution in [2.45, 2.75) is 64.5 Å². The van der Waals surface area contributed by atoms with Crippen molar-refractivity contribution in [1.29, 1.82) is 0 Å². The Hall–Kier alpha value is -0.730. The molecule has 0 radical (unpaired) electrons. The number of hydrogen-bond acceptors (Lipinski definition) is 1. The zero-order valence-electron chi connectivity index (χ0n) is 9.52. The van der Waals surface area contributed by atoms with Gasteiger partial charge in [-0.3, -0.25) is 0 Å². The van der Waals surface area contributed by atoms with E-state index < -0.39 is 0 Å². The topological polar surface area (TPSA) is 41.1 Å². The van der Waals surface area contributed by atoms with Crippen molar-refractivity contribution >= 4 is 6.03 Å². The smallest absolute Gasteiger partial charge is 0.315 e. The molecule has 0 unspecified atom stereocenters. The molecular weight excluding hydrogens is 176 g/mol. The summed E-state index contributed by atoms with van der Waals surface area (Å²) >= 11 is 0. The van der Waals surface area contributed by atoms with Crippen LogP contribution in [-0.4, -0.2) is 17.6 Å². The molecule has 3 heteroatoms. The van der Waals surface area contributed by atoms with Gasteiger partial charge in [0, 0.05) is 11.6 Å². The van der Waals surface area contributed by atoms with Gasteiger partial charge in [0.2, 0.25) is 0 Å². The molecule has 14 heavy (non-hydrogen) atoms. The first-order chi connectivity index (χ1) is 6.52. The summed E-state index contributed by atoms with van der Waals surface area (Å²) in [5.74, 6) is 0. The van der Waals surface area contributed by atoms with Crippen molar-refractivity contribution in [3.8, 4) is 0 Å². The molecule has 1 rings (SSSR count). The predicted molar refractivity (Wildman–Crippen MR) is 58.3 cm³/mol. The maximum absolute atomic E-state index is 11.5. The average Bonchev–Trinajstić information content (AvgIpc) is 2.02. The lowest BCUT2D eigenvalue weighted by molar-refractivity contribution is 0.209. The average molecular weight is 198 g/mol. The van der Waals surface area contributed by atoms with E-state index in [2.05, 4.69) is 17.6 Å². The van der Waals surface area contributed by atoms with Gasteiger partial charge >= 0.3 is 6.03 Å². The summed E-state index contributed by atoms with van der Waals surface area (Å²) in [7, 11) is 0. The molecule has 0 aromatic carbocycles. The van der Waals surface area contributed by atoms with Crippen LogP contribution in [0.1, 0.15) is 52.9 Å². The van der Waals surface area contributed by atoms with Crippen molar-refractivity contribution in [3.63, 3.8) is 0 Å². The van der Waals surface area contributed by atoms with Crippen LogP contribution in [0.25, 0.3) is 0 Å². The van der Waals surface area contributed by atoms with E-state index in [0.29, 0.717) is 0 Å². The fourth-order valence-electron chi connectivity index (χ4n) is 2.03. The number of amides is 2. The number of hydrogen-bond donors (Lipinski definition) is 2. The number of carbonyl (C=O) groups is 1. The molecule has 0 spiro atoms. The van der Waals surface area contributed by atoms with E-state index in [1.54, 1.807) is 0 Å². The van der Waals surface area contributed by atoms with Crippen molar-refractivity contribution < 1.29 is 4.79 Å². The van der Waals surface area contributed by atoms with Gasteiger partial charge in [0.15, 0.2) is 0 Å². The molecule has 0 aromatic heterocycles. The second-order valence-electron chi connectivity index (χ2n) is 4.87. The zero-order chi connectivity index (χ0) is 10.6. The molecule has 0 bridgehead atoms. The minimum atomic E-state index is -0.0237. The normalized spacial score (nSPS) is 20.6. The predicted octanol–water partition coefficient (Wildman–Crippen LogP) is 2.42. The van der Waals surface area contributed by atoms with E-state index in [4.69, 9.17) is 0 Å². The largest absolute Gasteiger partial charge is 0.336 e. The molecule has 1 aliphatic rings. The van der Waals surface area contributed by atoms with Gasteiger partial charge in [-0.2, -0.15) is 0 Å². The van der Waals surface area contributed by atoms with E-state index in [1.165, 1.54) is 19.3 Å². The highest BCUT2D eigenvalue weighted by molar-refractivity contribution is 5.75. The Kier molecular flexibility index (Phi) is 3.78. The van der Waals surface area contributed by atoms with Crippen LogP contribution in [0.5, 0.6) is 0 Å². The number of nitrogens with one attached hydrogen (secondary N) is 2. The van der Waals surface area contributed by atoms with Crippen molar-refractivity contribution in [1.82, 2.24) is 10.6 Å². The van der Waals surface area contributed by atoms with E-state index >= 15 is 0 Å². The summed E-state index contributed by atoms with van der Waals surface area (Å²) in [4.78, 5) is 11.5. The monoisotopic (exact) mass is 198 g/mol. The number of urea groups is 1. The van der Waals surface area contributed by atoms with Crippen LogP contribution in [0.4, 0.5) is 4.79 Å². The summed E-state index contributed by atoms with van der Waals surface area (Å²) in [5.41, 5.74) is 0.0250. The summed E-state index contributed by atoms with van der Waals surface area (Å²) in [5, 5.41) is 5.94. The third-order valence-corrected chi connectivity index (χ3v) is 2.79. The molecule has 0 saturated heterocycles. The summed E-state index contributed by atoms with van der Waals surface area (Å²) in [6.07, 6.45) is 6.00. The van der Waals surface area contributed by atoms with Gasteiger partial charge in [0.1, 0.15) is 0 Å². The third kappa shape index (κ3) is 3.56. The lowest BCUT2D eigenvalue weighted by Crippen LogP contribution is -2.52. The molecule has 0 atom stereocenters. The Morgan fingerprint density at radius 2 is 1.79 bits per heavy atom. The Bertz CT molecular complexity index is 195. The van der Waals surface area contributed by atoms with Crippen molar-refractivity contribution in [2.24, 2.45) is 0 Å². The summed E-state index contributed by atoms with van der Waals surface area (Å²) < 4.78 is 0. The van der Waals surface area contributed by atoms with Gasteiger partial charge in [-0.05, 0) is 33.6 Å². The molecular formula is C11H22N2O. The molecule has 0 aromatic rings. The number of rotatable bonds is 2. The molecule has 2 amide bonds. The van der Waals surface area contributed by atoms with Crippen molar-refractivity contribution in [2.75, 3.05) is 0 Å². The molecule has 2 N–H and O–H groups in total. The second-order valence-corrected chi connectivity index (χ2v) is 4.87. The van der Waals surface area contributed by atoms with Crippen molar-refractivity contribution in [3.05, 3.63) is 0 Å². The molecule has 0 aliphatic heterocycles. The van der Waals surface area contributed by atoms with Gasteiger partial charge < -0.3 is 10.6 Å². The van der Waals surface area contributed by atoms with E-state index in [1.807, 2.05) is 13.8 Å². The first kappa shape index (κ1) is 11.3. The number of carbonyl (C=O) groups excluding carboxylic acids is 1. The van der Waals surface area contributed by atoms with Crippen LogP contribution in [0.3, 0.4) is 0 Å². The molecule has 1 aliphatic carbocycles. The van der Waals surface area contributed by atoms with E-state index in [-0.39, 0.29) is 17.6 Å². The highest BCUT2D eigenvalue weighted by Crippen LogP contribution is 2.27. The fraction of sp³-hybridized carbons (Fsp3) is 0.909. The molecule has 82 valence electrons. The zero-order valence-corrected chi connectivity index (χ0v) is 9.52. The minimum absolute atomic E-state index is 0.0237. The SMILES string of the molecule is CC(C)NC(=O)NC1(C)CCCCC1. The Labute approximate surface area is 86.6 Å². The highest BCUT2D eigenvalue weighted by atomic mass is 16.2. The fourth-order valence-corrected chi connectivity index (χ4v) is 2.03. The van der Waals surface area contributed by atoms with Gasteiger partial charge in [-0.15, -0.1) is 0 Å². The third-order valence-electron chi connectivity index (χ3n) is 2.79. The van der Waals surface area contributed by atoms with E-state index in [0.717, 1.165) is 12.8 Å². The quantitative estimate of drug-likeness (QED) is 0.703. The van der Waals surface area contributed by atoms with Crippen LogP contribution in [0.2, 0.25) is 0 Å². The summed E-state index contributed by atoms with van der Waals surface area (Å²) in [6.45, 7) is 6.09. The van der Waals surface area contributed by atoms with Crippen LogP contribution in [-0.2, 0) is 0 Å². The second kappa shape index (κ2) is 4.67. The van der Waals surface area contributed by atoms with Crippen LogP contribution in [0.15, 0.2) is 0 Å². The van der Waals surface area contributed by atoms with Crippen LogP contribution >= 0.6 is 0 Å². The first-order valence-electron chi connectivity index (χ1n) is 5.60. The first-order valence-corrected chi connectivity index (χ1v) is 5.60. The molecule has 1 fully saturated rings. The van der Waals surface area contributed by atoms with Gasteiger partial charge in [0.05, 0.1) is 0 Å². The lowest BCUT2D eigenvalue weighted by atomic mass is 9.83. The van der Waals surface area contributed by atoms with Gasteiger partial charge in [-0.1, -0.05) is 19.3 Å². The van der Waals surface area contributed by atoms with Gasteiger partial charge in [0.25, 0.3) is 0 Å². The molecule has 1 saturated carbocycles. The molecule has 0 heterocycles. The summed E-state index contributed by atoms with van der Waals surface area (Å²) in [6, 6.07) is 0.187. The Balaban J connectivity index is 2.37. The highest BCUT2D eigenvalue weighted by Gasteiger charge is 2.28. The minimum Gasteiger partial charge on any atom is -0.336 e. The lowest BCUT2D eigenvalue weighted by Gasteiger charge is -2.34.